The first-order valence-electron chi connectivity index (χ1n) is 20.5. The highest BCUT2D eigenvalue weighted by Gasteiger charge is 2.25. The van der Waals surface area contributed by atoms with Crippen LogP contribution in [0.25, 0.3) is 77.2 Å². The second-order valence-electron chi connectivity index (χ2n) is 15.1. The number of para-hydroxylation sites is 3. The van der Waals surface area contributed by atoms with Crippen LogP contribution < -0.4 is 0 Å². The highest BCUT2D eigenvalue weighted by atomic mass is 15.0. The third-order valence-electron chi connectivity index (χ3n) is 11.4. The minimum atomic E-state index is 0.0735. The molecular weight excluding hydrogens is 759 g/mol. The SMILES string of the molecule is N=C(N=C(N=Cc1cccnc1)c1cccnc1)c1cc(-c2ccccc2)c(-n2c3ccccc3c3c2ccc2c4ccccc4n(-c4ccccc4)c23)c(-c2ccccc2)c1. The van der Waals surface area contributed by atoms with Crippen LogP contribution >= 0.6 is 0 Å². The average molecular weight is 796 g/mol. The molecule has 292 valence electrons. The highest BCUT2D eigenvalue weighted by molar-refractivity contribution is 6.26. The van der Waals surface area contributed by atoms with Gasteiger partial charge in [-0.2, -0.15) is 0 Å². The summed E-state index contributed by atoms with van der Waals surface area (Å²) in [4.78, 5) is 18.3. The molecule has 4 aromatic heterocycles. The first-order chi connectivity index (χ1) is 30.7. The zero-order valence-corrected chi connectivity index (χ0v) is 33.5. The predicted octanol–water partition coefficient (Wildman–Crippen LogP) is 12.9. The minimum Gasteiger partial charge on any atom is -0.309 e. The number of pyridine rings is 2. The van der Waals surface area contributed by atoms with Gasteiger partial charge in [0.15, 0.2) is 11.7 Å². The zero-order chi connectivity index (χ0) is 41.4. The van der Waals surface area contributed by atoms with Crippen molar-refractivity contribution in [1.29, 1.82) is 5.41 Å². The van der Waals surface area contributed by atoms with E-state index in [2.05, 4.69) is 171 Å². The Hall–Kier alpha value is -8.55. The molecule has 0 saturated carbocycles. The largest absolute Gasteiger partial charge is 0.309 e. The molecule has 4 heterocycles. The fraction of sp³-hybridized carbons (Fsp3) is 0. The Bertz CT molecular complexity index is 3440. The van der Waals surface area contributed by atoms with Gasteiger partial charge in [-0.1, -0.05) is 127 Å². The Morgan fingerprint density at radius 2 is 1.10 bits per heavy atom. The molecule has 0 bridgehead atoms. The average Bonchev–Trinajstić information content (AvgIpc) is 3.86. The third-order valence-corrected chi connectivity index (χ3v) is 11.4. The number of amidine groups is 2. The number of nitrogens with zero attached hydrogens (tertiary/aromatic N) is 6. The van der Waals surface area contributed by atoms with Crippen LogP contribution in [-0.2, 0) is 0 Å². The normalized spacial score (nSPS) is 12.0. The second kappa shape index (κ2) is 15.6. The van der Waals surface area contributed by atoms with Crippen LogP contribution in [0.2, 0.25) is 0 Å². The fourth-order valence-corrected chi connectivity index (χ4v) is 8.70. The minimum absolute atomic E-state index is 0.0735. The van der Waals surface area contributed by atoms with Crippen LogP contribution in [0.5, 0.6) is 0 Å². The Morgan fingerprint density at radius 3 is 1.74 bits per heavy atom. The smallest absolute Gasteiger partial charge is 0.163 e. The standard InChI is InChI=1S/C55H37N7/c56-54(60-55(40-21-15-31-58-36-40)59-35-37-16-14-30-57-34-37)41-32-46(38-17-4-1-5-18-38)52(47(33-41)39-19-6-2-7-20-39)62-49-27-13-11-25-45(49)51-50(62)29-28-44-43-24-10-12-26-48(43)61(53(44)51)42-22-8-3-9-23-42/h1-36,56H. The number of benzene rings is 7. The number of hydrogen-bond acceptors (Lipinski definition) is 3. The maximum atomic E-state index is 9.66. The van der Waals surface area contributed by atoms with Gasteiger partial charge in [0.1, 0.15) is 0 Å². The summed E-state index contributed by atoms with van der Waals surface area (Å²) in [5.74, 6) is 0.447. The van der Waals surface area contributed by atoms with E-state index in [0.29, 0.717) is 17.0 Å². The summed E-state index contributed by atoms with van der Waals surface area (Å²) in [5, 5.41) is 14.4. The van der Waals surface area contributed by atoms with Crippen LogP contribution in [0.15, 0.2) is 223 Å². The Kier molecular flexibility index (Phi) is 9.17. The molecule has 0 aliphatic carbocycles. The van der Waals surface area contributed by atoms with Gasteiger partial charge in [-0.15, -0.1) is 0 Å². The molecule has 11 rings (SSSR count). The van der Waals surface area contributed by atoms with E-state index < -0.39 is 0 Å². The number of aliphatic imine (C=N–C) groups is 2. The van der Waals surface area contributed by atoms with E-state index in [0.717, 1.165) is 66.6 Å². The summed E-state index contributed by atoms with van der Waals surface area (Å²) in [7, 11) is 0. The lowest BCUT2D eigenvalue weighted by molar-refractivity contribution is 1.17. The van der Waals surface area contributed by atoms with Gasteiger partial charge < -0.3 is 9.13 Å². The van der Waals surface area contributed by atoms with Crippen molar-refractivity contribution in [2.45, 2.75) is 0 Å². The van der Waals surface area contributed by atoms with Gasteiger partial charge in [0.25, 0.3) is 0 Å². The Morgan fingerprint density at radius 1 is 0.500 bits per heavy atom. The van der Waals surface area contributed by atoms with Gasteiger partial charge in [-0.25, -0.2) is 9.98 Å². The summed E-state index contributed by atoms with van der Waals surface area (Å²) < 4.78 is 4.84. The molecule has 0 aliphatic heterocycles. The number of nitrogens with one attached hydrogen (secondary N) is 1. The van der Waals surface area contributed by atoms with E-state index in [1.165, 1.54) is 16.2 Å². The molecule has 0 spiro atoms. The lowest BCUT2D eigenvalue weighted by atomic mass is 9.92. The first kappa shape index (κ1) is 36.5. The van der Waals surface area contributed by atoms with E-state index >= 15 is 0 Å². The molecule has 1 N–H and O–H groups in total. The molecule has 62 heavy (non-hydrogen) atoms. The van der Waals surface area contributed by atoms with Crippen molar-refractivity contribution in [3.8, 4) is 33.6 Å². The lowest BCUT2D eigenvalue weighted by Crippen LogP contribution is -2.07. The molecule has 0 radical (unpaired) electrons. The number of fused-ring (bicyclic) bond motifs is 7. The van der Waals surface area contributed by atoms with Gasteiger partial charge >= 0.3 is 0 Å². The second-order valence-corrected chi connectivity index (χ2v) is 15.1. The van der Waals surface area contributed by atoms with E-state index in [4.69, 9.17) is 9.98 Å². The number of hydrogen-bond donors (Lipinski definition) is 1. The van der Waals surface area contributed by atoms with Crippen molar-refractivity contribution < 1.29 is 0 Å². The maximum absolute atomic E-state index is 9.66. The third kappa shape index (κ3) is 6.36. The van der Waals surface area contributed by atoms with Crippen LogP contribution in [0.1, 0.15) is 16.7 Å². The highest BCUT2D eigenvalue weighted by Crippen LogP contribution is 2.46. The summed E-state index contributed by atoms with van der Waals surface area (Å²) in [6.07, 6.45) is 8.63. The Labute approximate surface area is 357 Å². The zero-order valence-electron chi connectivity index (χ0n) is 33.5. The Balaban J connectivity index is 1.22. The molecule has 11 aromatic rings. The van der Waals surface area contributed by atoms with Gasteiger partial charge in [-0.3, -0.25) is 15.4 Å². The van der Waals surface area contributed by atoms with Crippen LogP contribution in [0, 0.1) is 5.41 Å². The molecular formula is C55H37N7. The summed E-state index contributed by atoms with van der Waals surface area (Å²) in [5.41, 5.74) is 12.8. The van der Waals surface area contributed by atoms with Crippen LogP contribution in [-0.4, -0.2) is 37.0 Å². The van der Waals surface area contributed by atoms with Crippen molar-refractivity contribution >= 4 is 61.5 Å². The van der Waals surface area contributed by atoms with Gasteiger partial charge in [0.2, 0.25) is 0 Å². The molecule has 7 heteroatoms. The molecule has 0 atom stereocenters. The number of rotatable bonds is 7. The molecule has 7 aromatic carbocycles. The molecule has 0 amide bonds. The summed E-state index contributed by atoms with van der Waals surface area (Å²) in [6.45, 7) is 0. The van der Waals surface area contributed by atoms with Gasteiger partial charge in [0.05, 0.1) is 27.8 Å². The first-order valence-corrected chi connectivity index (χ1v) is 20.5. The number of aromatic nitrogens is 4. The van der Waals surface area contributed by atoms with Gasteiger partial charge in [-0.05, 0) is 71.8 Å². The fourth-order valence-electron chi connectivity index (χ4n) is 8.70. The molecule has 7 nitrogen and oxygen atoms in total. The van der Waals surface area contributed by atoms with Crippen molar-refractivity contribution in [3.63, 3.8) is 0 Å². The molecule has 0 saturated heterocycles. The van der Waals surface area contributed by atoms with Crippen molar-refractivity contribution in [2.75, 3.05) is 0 Å². The molecule has 0 fully saturated rings. The quantitative estimate of drug-likeness (QED) is 0.129. The predicted molar refractivity (Wildman–Crippen MR) is 255 cm³/mol. The van der Waals surface area contributed by atoms with E-state index in [9.17, 15) is 5.41 Å². The molecule has 0 unspecified atom stereocenters. The topological polar surface area (TPSA) is 84.2 Å². The van der Waals surface area contributed by atoms with E-state index in [1.54, 1.807) is 31.0 Å². The lowest BCUT2D eigenvalue weighted by Gasteiger charge is -2.21. The van der Waals surface area contributed by atoms with E-state index in [-0.39, 0.29) is 5.84 Å². The van der Waals surface area contributed by atoms with Crippen molar-refractivity contribution in [1.82, 2.24) is 19.1 Å². The summed E-state index contributed by atoms with van der Waals surface area (Å²) >= 11 is 0. The van der Waals surface area contributed by atoms with Crippen LogP contribution in [0.4, 0.5) is 0 Å². The van der Waals surface area contributed by atoms with Crippen molar-refractivity contribution in [2.24, 2.45) is 9.98 Å². The van der Waals surface area contributed by atoms with E-state index in [1.807, 2.05) is 36.4 Å². The molecule has 0 aliphatic rings. The van der Waals surface area contributed by atoms with Crippen LogP contribution in [0.3, 0.4) is 0 Å². The van der Waals surface area contributed by atoms with Gasteiger partial charge in [0, 0.05) is 86.1 Å². The van der Waals surface area contributed by atoms with Crippen molar-refractivity contribution in [3.05, 3.63) is 230 Å². The maximum Gasteiger partial charge on any atom is 0.163 e. The summed E-state index contributed by atoms with van der Waals surface area (Å²) in [6, 6.07) is 65.3. The monoisotopic (exact) mass is 795 g/mol.